The summed E-state index contributed by atoms with van der Waals surface area (Å²) in [7, 11) is 0. The molecule has 1 saturated heterocycles. The van der Waals surface area contributed by atoms with Crippen molar-refractivity contribution >= 4 is 0 Å². The maximum absolute atomic E-state index is 3.25. The Morgan fingerprint density at radius 3 is 1.56 bits per heavy atom. The van der Waals surface area contributed by atoms with Crippen molar-refractivity contribution in [2.24, 2.45) is 0 Å². The molecule has 0 saturated carbocycles. The molecule has 0 aromatic rings. The van der Waals surface area contributed by atoms with Crippen molar-refractivity contribution in [3.8, 4) is 0 Å². The maximum Gasteiger partial charge on any atom is 1.00 e. The summed E-state index contributed by atoms with van der Waals surface area (Å²) in [5.41, 5.74) is 0. The quantitative estimate of drug-likeness (QED) is 0.430. The standard InChI is InChI=1S/C4H10N2.2BrH.Cs/c1-2-6-4-3-5-1;;;/h5-6H,1-4H2;2*1H;/q;;;+1/p-1. The number of halogens is 2. The second-order valence-electron chi connectivity index (χ2n) is 1.62. The Balaban J connectivity index is -0.000000120. The molecular weight excluding hydrogens is 369 g/mol. The zero-order valence-electron chi connectivity index (χ0n) is 5.66. The van der Waals surface area contributed by atoms with Crippen LogP contribution in [0.4, 0.5) is 0 Å². The molecule has 0 aromatic heterocycles. The predicted molar refractivity (Wildman–Crippen MR) is 24.5 cm³/mol. The Kier molecular flexibility index (Phi) is 26.8. The van der Waals surface area contributed by atoms with E-state index in [1.807, 2.05) is 0 Å². The van der Waals surface area contributed by atoms with Gasteiger partial charge in [-0.25, -0.2) is 0 Å². The average Bonchev–Trinajstić information content (AvgIpc) is 1.72. The number of quaternary nitrogens is 1. The topological polar surface area (TPSA) is 28.6 Å². The molecule has 0 aromatic carbocycles. The molecule has 52 valence electrons. The molecule has 0 aliphatic carbocycles. The van der Waals surface area contributed by atoms with Crippen LogP contribution >= 0.6 is 0 Å². The molecule has 1 aliphatic rings. The van der Waals surface area contributed by atoms with Crippen LogP contribution in [0.5, 0.6) is 0 Å². The Bertz CT molecular complexity index is 32.0. The van der Waals surface area contributed by atoms with Gasteiger partial charge in [0.15, 0.2) is 0 Å². The van der Waals surface area contributed by atoms with Gasteiger partial charge in [0.2, 0.25) is 0 Å². The summed E-state index contributed by atoms with van der Waals surface area (Å²) in [6.07, 6.45) is 0. The van der Waals surface area contributed by atoms with Gasteiger partial charge in [-0.1, -0.05) is 0 Å². The van der Waals surface area contributed by atoms with Crippen LogP contribution in [0.25, 0.3) is 0 Å². The predicted octanol–water partition coefficient (Wildman–Crippen LogP) is -10.8. The molecule has 1 aliphatic heterocycles. The molecule has 1 fully saturated rings. The largest absolute Gasteiger partial charge is 1.00 e. The van der Waals surface area contributed by atoms with Gasteiger partial charge in [-0.05, 0) is 0 Å². The molecule has 0 atom stereocenters. The fourth-order valence-electron chi connectivity index (χ4n) is 0.678. The third-order valence-electron chi connectivity index (χ3n) is 1.05. The molecule has 5 heteroatoms. The van der Waals surface area contributed by atoms with Gasteiger partial charge in [0, 0.05) is 13.1 Å². The summed E-state index contributed by atoms with van der Waals surface area (Å²) < 4.78 is 0. The normalized spacial score (nSPS) is 16.0. The van der Waals surface area contributed by atoms with E-state index in [0.29, 0.717) is 0 Å². The van der Waals surface area contributed by atoms with Crippen LogP contribution in [0.2, 0.25) is 0 Å². The summed E-state index contributed by atoms with van der Waals surface area (Å²) in [5.74, 6) is 0. The number of rotatable bonds is 0. The first-order valence-corrected chi connectivity index (χ1v) is 2.52. The van der Waals surface area contributed by atoms with E-state index in [1.54, 1.807) is 0 Å². The van der Waals surface area contributed by atoms with Gasteiger partial charge in [-0.15, -0.1) is 0 Å². The van der Waals surface area contributed by atoms with E-state index in [0.717, 1.165) is 0 Å². The van der Waals surface area contributed by atoms with Crippen molar-refractivity contribution in [2.45, 2.75) is 0 Å². The minimum absolute atomic E-state index is 0. The molecule has 1 heterocycles. The summed E-state index contributed by atoms with van der Waals surface area (Å²) in [6, 6.07) is 0. The SMILES string of the molecule is C1C[NH2+]CCN1.[Br-].[Br-].[Cs+]. The zero-order chi connectivity index (χ0) is 4.24. The number of hydrogen-bond donors (Lipinski definition) is 2. The summed E-state index contributed by atoms with van der Waals surface area (Å²) in [6.45, 7) is 4.92. The summed E-state index contributed by atoms with van der Waals surface area (Å²) in [5, 5.41) is 5.58. The average molecular weight is 380 g/mol. The first kappa shape index (κ1) is 17.9. The van der Waals surface area contributed by atoms with Gasteiger partial charge in [0.05, 0.1) is 13.1 Å². The minimum Gasteiger partial charge on any atom is -1.00 e. The minimum atomic E-state index is 0. The second kappa shape index (κ2) is 13.5. The molecule has 2 nitrogen and oxygen atoms in total. The van der Waals surface area contributed by atoms with Crippen LogP contribution in [-0.4, -0.2) is 26.2 Å². The monoisotopic (exact) mass is 378 g/mol. The van der Waals surface area contributed by atoms with Gasteiger partial charge in [0.25, 0.3) is 0 Å². The van der Waals surface area contributed by atoms with E-state index in [9.17, 15) is 0 Å². The molecule has 9 heavy (non-hydrogen) atoms. The number of piperazine rings is 1. The van der Waals surface area contributed by atoms with Crippen molar-refractivity contribution in [1.29, 1.82) is 0 Å². The van der Waals surface area contributed by atoms with Crippen LogP contribution in [0, 0.1) is 0 Å². The van der Waals surface area contributed by atoms with Crippen molar-refractivity contribution in [1.82, 2.24) is 5.32 Å². The van der Waals surface area contributed by atoms with Crippen molar-refractivity contribution < 1.29 is 108 Å². The fraction of sp³-hybridized carbons (Fsp3) is 1.00. The summed E-state index contributed by atoms with van der Waals surface area (Å²) in [4.78, 5) is 0. The van der Waals surface area contributed by atoms with E-state index in [-0.39, 0.29) is 103 Å². The van der Waals surface area contributed by atoms with Crippen LogP contribution < -0.4 is 113 Å². The van der Waals surface area contributed by atoms with E-state index >= 15 is 0 Å². The smallest absolute Gasteiger partial charge is 1.00 e. The maximum atomic E-state index is 3.25. The third-order valence-corrected chi connectivity index (χ3v) is 1.05. The van der Waals surface area contributed by atoms with Gasteiger partial charge >= 0.3 is 68.9 Å². The van der Waals surface area contributed by atoms with Gasteiger partial charge in [-0.2, -0.15) is 0 Å². The Morgan fingerprint density at radius 1 is 1.00 bits per heavy atom. The van der Waals surface area contributed by atoms with Gasteiger partial charge < -0.3 is 44.6 Å². The zero-order valence-corrected chi connectivity index (χ0v) is 15.1. The van der Waals surface area contributed by atoms with Gasteiger partial charge in [-0.3, -0.25) is 0 Å². The molecule has 0 spiro atoms. The molecule has 0 radical (unpaired) electrons. The van der Waals surface area contributed by atoms with Crippen molar-refractivity contribution in [3.05, 3.63) is 0 Å². The van der Waals surface area contributed by atoms with E-state index in [4.69, 9.17) is 0 Å². The Morgan fingerprint density at radius 2 is 1.44 bits per heavy atom. The molecule has 1 rings (SSSR count). The molecular formula is C4H11Br2CsN2. The second-order valence-corrected chi connectivity index (χ2v) is 1.62. The first-order valence-electron chi connectivity index (χ1n) is 2.52. The number of nitrogens with two attached hydrogens (primary N) is 1. The van der Waals surface area contributed by atoms with E-state index in [1.165, 1.54) is 26.2 Å². The van der Waals surface area contributed by atoms with E-state index in [2.05, 4.69) is 10.6 Å². The number of hydrogen-bond acceptors (Lipinski definition) is 1. The van der Waals surface area contributed by atoms with E-state index < -0.39 is 0 Å². The van der Waals surface area contributed by atoms with Crippen LogP contribution in [0.15, 0.2) is 0 Å². The fourth-order valence-corrected chi connectivity index (χ4v) is 0.678. The third kappa shape index (κ3) is 10.9. The Hall–Kier alpha value is 2.93. The van der Waals surface area contributed by atoms with Crippen LogP contribution in [-0.2, 0) is 0 Å². The van der Waals surface area contributed by atoms with Crippen LogP contribution in [0.1, 0.15) is 0 Å². The molecule has 0 amide bonds. The van der Waals surface area contributed by atoms with Crippen molar-refractivity contribution in [2.75, 3.05) is 26.2 Å². The Labute approximate surface area is 136 Å². The molecule has 0 unspecified atom stereocenters. The first-order chi connectivity index (χ1) is 3.00. The van der Waals surface area contributed by atoms with Crippen LogP contribution in [0.3, 0.4) is 0 Å². The van der Waals surface area contributed by atoms with Crippen molar-refractivity contribution in [3.63, 3.8) is 0 Å². The molecule has 0 bridgehead atoms. The number of nitrogens with one attached hydrogen (secondary N) is 1. The van der Waals surface area contributed by atoms with Gasteiger partial charge in [0.1, 0.15) is 0 Å². The molecule has 3 N–H and O–H groups in total. The summed E-state index contributed by atoms with van der Waals surface area (Å²) >= 11 is 0.